The fourth-order valence-electron chi connectivity index (χ4n) is 3.31. The Balaban J connectivity index is 1.47. The smallest absolute Gasteiger partial charge is 0.248 e. The van der Waals surface area contributed by atoms with Gasteiger partial charge in [0, 0.05) is 36.2 Å². The molecule has 28 heavy (non-hydrogen) atoms. The summed E-state index contributed by atoms with van der Waals surface area (Å²) in [6.45, 7) is 0.682. The Labute approximate surface area is 162 Å². The van der Waals surface area contributed by atoms with E-state index in [4.69, 9.17) is 9.15 Å². The number of nitrogens with one attached hydrogen (secondary N) is 1. The molecule has 1 aromatic heterocycles. The maximum Gasteiger partial charge on any atom is 0.248 e. The zero-order chi connectivity index (χ0) is 19.5. The van der Waals surface area contributed by atoms with Crippen molar-refractivity contribution in [1.82, 2.24) is 0 Å². The van der Waals surface area contributed by atoms with Crippen LogP contribution >= 0.6 is 0 Å². The second-order valence-electron chi connectivity index (χ2n) is 6.54. The number of methoxy groups -OCH3 is 1. The molecule has 6 heteroatoms. The van der Waals surface area contributed by atoms with Crippen molar-refractivity contribution >= 4 is 40.2 Å². The molecule has 2 heterocycles. The lowest BCUT2D eigenvalue weighted by atomic mass is 10.2. The lowest BCUT2D eigenvalue weighted by molar-refractivity contribution is -0.117. The number of amides is 2. The number of rotatable bonds is 5. The van der Waals surface area contributed by atoms with Crippen molar-refractivity contribution in [2.24, 2.45) is 0 Å². The molecule has 2 aromatic carbocycles. The average Bonchev–Trinajstić information content (AvgIpc) is 3.32. The van der Waals surface area contributed by atoms with E-state index in [1.165, 1.54) is 6.08 Å². The highest BCUT2D eigenvalue weighted by molar-refractivity contribution is 6.03. The summed E-state index contributed by atoms with van der Waals surface area (Å²) in [5, 5.41) is 3.78. The number of anilines is 2. The molecule has 1 saturated heterocycles. The number of ether oxygens (including phenoxy) is 1. The molecule has 3 aromatic rings. The highest BCUT2D eigenvalue weighted by Crippen LogP contribution is 2.33. The molecule has 0 radical (unpaired) electrons. The number of fused-ring (bicyclic) bond motifs is 1. The second kappa shape index (κ2) is 7.60. The van der Waals surface area contributed by atoms with Gasteiger partial charge in [-0.2, -0.15) is 0 Å². The second-order valence-corrected chi connectivity index (χ2v) is 6.54. The van der Waals surface area contributed by atoms with E-state index < -0.39 is 0 Å². The maximum absolute atomic E-state index is 12.2. The van der Waals surface area contributed by atoms with Gasteiger partial charge in [0.25, 0.3) is 0 Å². The molecule has 1 N–H and O–H groups in total. The normalized spacial score (nSPS) is 14.2. The van der Waals surface area contributed by atoms with E-state index in [0.29, 0.717) is 30.2 Å². The van der Waals surface area contributed by atoms with Crippen LogP contribution in [0.1, 0.15) is 18.6 Å². The predicted molar refractivity (Wildman–Crippen MR) is 108 cm³/mol. The third kappa shape index (κ3) is 3.62. The molecule has 1 aliphatic heterocycles. The highest BCUT2D eigenvalue weighted by atomic mass is 16.5. The van der Waals surface area contributed by atoms with Crippen LogP contribution < -0.4 is 15.0 Å². The minimum absolute atomic E-state index is 0.0869. The fourth-order valence-corrected chi connectivity index (χ4v) is 3.31. The minimum atomic E-state index is -0.285. The molecule has 0 spiro atoms. The third-order valence-electron chi connectivity index (χ3n) is 4.66. The van der Waals surface area contributed by atoms with Crippen molar-refractivity contribution < 1.29 is 18.7 Å². The van der Waals surface area contributed by atoms with E-state index in [0.717, 1.165) is 23.1 Å². The molecule has 0 bridgehead atoms. The Morgan fingerprint density at radius 2 is 2.07 bits per heavy atom. The van der Waals surface area contributed by atoms with Crippen molar-refractivity contribution in [2.75, 3.05) is 23.9 Å². The van der Waals surface area contributed by atoms with Crippen LogP contribution in [0.15, 0.2) is 59.0 Å². The largest absolute Gasteiger partial charge is 0.494 e. The number of carbonyl (C=O) groups excluding carboxylic acids is 2. The predicted octanol–water partition coefficient (Wildman–Crippen LogP) is 4.22. The van der Waals surface area contributed by atoms with Gasteiger partial charge in [0.15, 0.2) is 0 Å². The lowest BCUT2D eigenvalue weighted by Gasteiger charge is -2.19. The van der Waals surface area contributed by atoms with E-state index in [-0.39, 0.29) is 11.8 Å². The molecule has 1 fully saturated rings. The van der Waals surface area contributed by atoms with E-state index in [1.54, 1.807) is 36.3 Å². The van der Waals surface area contributed by atoms with Gasteiger partial charge in [-0.15, -0.1) is 0 Å². The molecule has 0 atom stereocenters. The molecule has 6 nitrogen and oxygen atoms in total. The molecule has 0 unspecified atom stereocenters. The van der Waals surface area contributed by atoms with Crippen molar-refractivity contribution in [3.05, 3.63) is 60.4 Å². The zero-order valence-electron chi connectivity index (χ0n) is 15.5. The van der Waals surface area contributed by atoms with Crippen LogP contribution in [0.25, 0.3) is 17.0 Å². The van der Waals surface area contributed by atoms with E-state index in [9.17, 15) is 9.59 Å². The van der Waals surface area contributed by atoms with E-state index in [1.807, 2.05) is 30.3 Å². The summed E-state index contributed by atoms with van der Waals surface area (Å²) in [4.78, 5) is 25.9. The molecular weight excluding hydrogens is 356 g/mol. The summed E-state index contributed by atoms with van der Waals surface area (Å²) in [5.41, 5.74) is 2.09. The number of hydrogen-bond donors (Lipinski definition) is 1. The summed E-state index contributed by atoms with van der Waals surface area (Å²) < 4.78 is 11.1. The summed E-state index contributed by atoms with van der Waals surface area (Å²) in [6, 6.07) is 14.8. The maximum atomic E-state index is 12.2. The van der Waals surface area contributed by atoms with Gasteiger partial charge in [-0.1, -0.05) is 18.2 Å². The molecule has 4 rings (SSSR count). The number of furan rings is 1. The van der Waals surface area contributed by atoms with Crippen LogP contribution in [0.5, 0.6) is 5.75 Å². The Kier molecular flexibility index (Phi) is 4.85. The van der Waals surface area contributed by atoms with Crippen LogP contribution in [0.2, 0.25) is 0 Å². The number of para-hydroxylation sites is 1. The lowest BCUT2D eigenvalue weighted by Crippen LogP contribution is -2.24. The van der Waals surface area contributed by atoms with Crippen LogP contribution in [0.3, 0.4) is 0 Å². The Morgan fingerprint density at radius 3 is 2.82 bits per heavy atom. The molecule has 2 amide bonds. The Morgan fingerprint density at radius 1 is 1.21 bits per heavy atom. The number of carbonyl (C=O) groups is 2. The van der Waals surface area contributed by atoms with Gasteiger partial charge in [0.05, 0.1) is 12.8 Å². The quantitative estimate of drug-likeness (QED) is 0.677. The topological polar surface area (TPSA) is 71.8 Å². The fraction of sp³-hybridized carbons (Fsp3) is 0.182. The minimum Gasteiger partial charge on any atom is -0.494 e. The Hall–Kier alpha value is -3.54. The average molecular weight is 376 g/mol. The standard InChI is InChI=1S/C22H20N2O4/c1-27-20-14-16(8-10-18(20)24-12-4-7-22(24)26)23-21(25)11-9-17-13-15-5-2-3-6-19(15)28-17/h2-3,5-6,8-11,13-14H,4,7,12H2,1H3,(H,23,25)/b11-9+. The van der Waals surface area contributed by atoms with Crippen molar-refractivity contribution in [1.29, 1.82) is 0 Å². The first-order valence-electron chi connectivity index (χ1n) is 9.10. The highest BCUT2D eigenvalue weighted by Gasteiger charge is 2.24. The monoisotopic (exact) mass is 376 g/mol. The molecule has 142 valence electrons. The van der Waals surface area contributed by atoms with Crippen LogP contribution in [0.4, 0.5) is 11.4 Å². The van der Waals surface area contributed by atoms with E-state index in [2.05, 4.69) is 5.32 Å². The van der Waals surface area contributed by atoms with Crippen molar-refractivity contribution in [2.45, 2.75) is 12.8 Å². The number of hydrogen-bond acceptors (Lipinski definition) is 4. The molecule has 1 aliphatic rings. The summed E-state index contributed by atoms with van der Waals surface area (Å²) in [7, 11) is 1.55. The van der Waals surface area contributed by atoms with Gasteiger partial charge in [-0.05, 0) is 36.8 Å². The number of benzene rings is 2. The third-order valence-corrected chi connectivity index (χ3v) is 4.66. The van der Waals surface area contributed by atoms with Crippen molar-refractivity contribution in [3.63, 3.8) is 0 Å². The first-order valence-corrected chi connectivity index (χ1v) is 9.10. The molecular formula is C22H20N2O4. The summed E-state index contributed by atoms with van der Waals surface area (Å²) >= 11 is 0. The SMILES string of the molecule is COc1cc(NC(=O)/C=C/c2cc3ccccc3o2)ccc1N1CCCC1=O. The van der Waals surface area contributed by atoms with Gasteiger partial charge in [0.2, 0.25) is 11.8 Å². The van der Waals surface area contributed by atoms with Gasteiger partial charge >= 0.3 is 0 Å². The van der Waals surface area contributed by atoms with Gasteiger partial charge in [0.1, 0.15) is 17.1 Å². The van der Waals surface area contributed by atoms with Crippen molar-refractivity contribution in [3.8, 4) is 5.75 Å². The van der Waals surface area contributed by atoms with Gasteiger partial charge in [-0.25, -0.2) is 0 Å². The van der Waals surface area contributed by atoms with Gasteiger partial charge < -0.3 is 19.4 Å². The molecule has 0 aliphatic carbocycles. The van der Waals surface area contributed by atoms with E-state index >= 15 is 0 Å². The zero-order valence-corrected chi connectivity index (χ0v) is 15.5. The molecule has 0 saturated carbocycles. The Bertz CT molecular complexity index is 1030. The number of nitrogens with zero attached hydrogens (tertiary/aromatic N) is 1. The van der Waals surface area contributed by atoms with Gasteiger partial charge in [-0.3, -0.25) is 9.59 Å². The van der Waals surface area contributed by atoms with Crippen LogP contribution in [0, 0.1) is 0 Å². The summed E-state index contributed by atoms with van der Waals surface area (Å²) in [6.07, 6.45) is 4.44. The van der Waals surface area contributed by atoms with Crippen LogP contribution in [-0.4, -0.2) is 25.5 Å². The summed E-state index contributed by atoms with van der Waals surface area (Å²) in [5.74, 6) is 0.961. The first-order chi connectivity index (χ1) is 13.6. The first kappa shape index (κ1) is 17.9. The van der Waals surface area contributed by atoms with Crippen LogP contribution in [-0.2, 0) is 9.59 Å².